The van der Waals surface area contributed by atoms with Crippen molar-refractivity contribution >= 4 is 44.7 Å². The molecular formula is C24H25ClN7O4RuS. The molecule has 0 aliphatic carbocycles. The number of nitrogens with two attached hydrogens (primary N) is 1. The van der Waals surface area contributed by atoms with Crippen LogP contribution in [0.1, 0.15) is 24.0 Å². The van der Waals surface area contributed by atoms with Gasteiger partial charge in [0, 0.05) is 42.3 Å². The Morgan fingerprint density at radius 1 is 1.03 bits per heavy atom. The first-order chi connectivity index (χ1) is 17.8. The summed E-state index contributed by atoms with van der Waals surface area (Å²) in [5.41, 5.74) is 8.43. The number of nitrogens with zero attached hydrogens (tertiary/aromatic N) is 4. The number of fused-ring (bicyclic) bond motifs is 1. The van der Waals surface area contributed by atoms with Crippen LogP contribution < -0.4 is 15.8 Å². The second-order valence-electron chi connectivity index (χ2n) is 8.11. The van der Waals surface area contributed by atoms with Crippen molar-refractivity contribution in [1.82, 2.24) is 29.6 Å². The Morgan fingerprint density at radius 2 is 1.71 bits per heavy atom. The molecule has 0 atom stereocenters. The fraction of sp³-hybridized carbons (Fsp3) is 0.250. The minimum atomic E-state index is -3.68. The fourth-order valence-corrected chi connectivity index (χ4v) is 4.59. The molecule has 1 radical (unpaired) electrons. The molecule has 0 fully saturated rings. The second kappa shape index (κ2) is 13.6. The molecule has 0 saturated heterocycles. The van der Waals surface area contributed by atoms with E-state index in [0.29, 0.717) is 29.2 Å². The smallest absolute Gasteiger partial charge is 0.450 e. The maximum atomic E-state index is 12.5. The van der Waals surface area contributed by atoms with E-state index >= 15 is 0 Å². The molecule has 11 nitrogen and oxygen atoms in total. The van der Waals surface area contributed by atoms with Crippen LogP contribution in [0.15, 0.2) is 59.8 Å². The number of aromatic nitrogens is 4. The predicted octanol–water partition coefficient (Wildman–Crippen LogP) is 3.04. The van der Waals surface area contributed by atoms with Gasteiger partial charge in [0.2, 0.25) is 10.0 Å². The van der Waals surface area contributed by atoms with Gasteiger partial charge in [0.25, 0.3) is 0 Å². The summed E-state index contributed by atoms with van der Waals surface area (Å²) in [7, 11) is -3.68. The molecule has 2 aromatic carbocycles. The minimum Gasteiger partial charge on any atom is -0.450 e. The number of alkyl carbamates (subject to hydrolysis) is 1. The molecule has 14 heteroatoms. The third kappa shape index (κ3) is 7.94. The van der Waals surface area contributed by atoms with Crippen molar-refractivity contribution in [2.75, 3.05) is 12.3 Å². The zero-order valence-electron chi connectivity index (χ0n) is 20.1. The standard InChI is InChI=1S/C24H25ClN7O4S.Ru/c25-19-7-3-18(4-8-19)14-31-37(34,35)20-9-5-17(6-10-20)13-27-24(33)36-12-2-1-11-32-16-30-21-22(26)28-15-29-23(21)32;/h3-10,16,31H,1-2,11-14H2,(H,27,33)(H2,26,28,29);/q-1;+1. The number of nitrogens with one attached hydrogen (secondary N) is 2. The first-order valence-corrected chi connectivity index (χ1v) is 13.3. The molecule has 0 spiro atoms. The van der Waals surface area contributed by atoms with Gasteiger partial charge in [-0.25, -0.2) is 17.9 Å². The molecule has 2 aromatic heterocycles. The van der Waals surface area contributed by atoms with Gasteiger partial charge in [-0.1, -0.05) is 35.9 Å². The van der Waals surface area contributed by atoms with E-state index in [2.05, 4.69) is 31.3 Å². The van der Waals surface area contributed by atoms with Gasteiger partial charge in [-0.2, -0.15) is 0 Å². The van der Waals surface area contributed by atoms with E-state index in [9.17, 15) is 13.2 Å². The Morgan fingerprint density at radius 3 is 2.45 bits per heavy atom. The molecular weight excluding hydrogens is 619 g/mol. The number of amides is 1. The number of hydrogen-bond donors (Lipinski definition) is 3. The number of anilines is 1. The normalized spacial score (nSPS) is 11.2. The molecule has 0 unspecified atom stereocenters. The largest absolute Gasteiger partial charge is 1.00 e. The summed E-state index contributed by atoms with van der Waals surface area (Å²) >= 11 is 5.85. The Bertz CT molecular complexity index is 1470. The van der Waals surface area contributed by atoms with Crippen LogP contribution in [0.25, 0.3) is 11.2 Å². The molecule has 4 aromatic rings. The van der Waals surface area contributed by atoms with Gasteiger partial charge in [0.15, 0.2) is 0 Å². The number of halogens is 1. The van der Waals surface area contributed by atoms with Crippen LogP contribution in [0.4, 0.5) is 10.6 Å². The van der Waals surface area contributed by atoms with Crippen LogP contribution in [0.3, 0.4) is 0 Å². The fourth-order valence-electron chi connectivity index (χ4n) is 3.44. The van der Waals surface area contributed by atoms with E-state index < -0.39 is 16.1 Å². The number of sulfonamides is 1. The summed E-state index contributed by atoms with van der Waals surface area (Å²) < 4.78 is 34.7. The number of carbonyl (C=O) groups excluding carboxylic acids is 1. The van der Waals surface area contributed by atoms with Crippen LogP contribution >= 0.6 is 11.6 Å². The number of rotatable bonds is 11. The zero-order chi connectivity index (χ0) is 26.3. The Hall–Kier alpha value is -3.12. The first-order valence-electron chi connectivity index (χ1n) is 11.4. The number of aryl methyl sites for hydroxylation is 1. The van der Waals surface area contributed by atoms with E-state index in [0.717, 1.165) is 17.5 Å². The van der Waals surface area contributed by atoms with Crippen molar-refractivity contribution in [1.29, 1.82) is 0 Å². The molecule has 1 amide bonds. The third-order valence-corrected chi connectivity index (χ3v) is 7.12. The second-order valence-corrected chi connectivity index (χ2v) is 10.3. The van der Waals surface area contributed by atoms with Gasteiger partial charge in [-0.3, -0.25) is 4.98 Å². The molecule has 2 heterocycles. The monoisotopic (exact) mass is 644 g/mol. The van der Waals surface area contributed by atoms with Crippen molar-refractivity contribution in [3.8, 4) is 0 Å². The number of benzene rings is 2. The predicted molar refractivity (Wildman–Crippen MR) is 138 cm³/mol. The van der Waals surface area contributed by atoms with E-state index in [1.54, 1.807) is 42.7 Å². The molecule has 0 aliphatic heterocycles. The van der Waals surface area contributed by atoms with Gasteiger partial charge in [0.05, 0.1) is 23.5 Å². The van der Waals surface area contributed by atoms with Gasteiger partial charge >= 0.3 is 25.6 Å². The van der Waals surface area contributed by atoms with E-state index in [1.165, 1.54) is 12.1 Å². The maximum Gasteiger partial charge on any atom is 1.00 e. The zero-order valence-corrected chi connectivity index (χ0v) is 23.4. The summed E-state index contributed by atoms with van der Waals surface area (Å²) in [5.74, 6) is 0.283. The molecule has 38 heavy (non-hydrogen) atoms. The van der Waals surface area contributed by atoms with E-state index in [4.69, 9.17) is 22.1 Å². The summed E-state index contributed by atoms with van der Waals surface area (Å²) in [6.45, 7) is 1.24. The summed E-state index contributed by atoms with van der Waals surface area (Å²) in [4.78, 5) is 24.2. The Balaban J connectivity index is 0.00000400. The van der Waals surface area contributed by atoms with Crippen molar-refractivity contribution in [3.63, 3.8) is 0 Å². The topological polar surface area (TPSA) is 154 Å². The van der Waals surface area contributed by atoms with Gasteiger partial charge in [-0.15, -0.1) is 0 Å². The van der Waals surface area contributed by atoms with E-state index in [1.807, 2.05) is 4.57 Å². The van der Waals surface area contributed by atoms with E-state index in [-0.39, 0.29) is 49.9 Å². The van der Waals surface area contributed by atoms with Gasteiger partial charge < -0.3 is 30.3 Å². The SMILES string of the molecule is Nc1n[c-]nc2c1ncn2CCCCOC(=O)NCc1ccc(S(=O)(=O)NCc2ccc(Cl)cc2)cc1.[Ru+]. The van der Waals surface area contributed by atoms with Gasteiger partial charge in [0.1, 0.15) is 0 Å². The number of ether oxygens (including phenoxy) is 1. The minimum absolute atomic E-state index is 0. The molecule has 4 N–H and O–H groups in total. The summed E-state index contributed by atoms with van der Waals surface area (Å²) in [6, 6.07) is 13.2. The van der Waals surface area contributed by atoms with Crippen LogP contribution in [-0.2, 0) is 53.9 Å². The number of hydrogen-bond acceptors (Lipinski definition) is 8. The Kier molecular flexibility index (Phi) is 10.5. The summed E-state index contributed by atoms with van der Waals surface area (Å²) in [6.07, 6.45) is 4.98. The van der Waals surface area contributed by atoms with Crippen molar-refractivity contribution in [3.05, 3.63) is 77.3 Å². The molecule has 0 aliphatic rings. The average molecular weight is 644 g/mol. The molecule has 4 rings (SSSR count). The van der Waals surface area contributed by atoms with Gasteiger partial charge in [-0.05, 0) is 48.2 Å². The average Bonchev–Trinajstić information content (AvgIpc) is 3.31. The quantitative estimate of drug-likeness (QED) is 0.128. The third-order valence-electron chi connectivity index (χ3n) is 5.46. The number of carbonyl (C=O) groups is 1. The molecule has 0 saturated carbocycles. The summed E-state index contributed by atoms with van der Waals surface area (Å²) in [5, 5.41) is 3.24. The first kappa shape index (κ1) is 29.4. The van der Waals surface area contributed by atoms with Crippen LogP contribution in [0.5, 0.6) is 0 Å². The van der Waals surface area contributed by atoms with Crippen molar-refractivity contribution in [2.45, 2.75) is 37.4 Å². The number of nitrogen functional groups attached to an aromatic ring is 1. The molecule has 201 valence electrons. The maximum absolute atomic E-state index is 12.5. The number of imidazole rings is 1. The number of unbranched alkanes of at least 4 members (excludes halogenated alkanes) is 1. The van der Waals surface area contributed by atoms with Crippen molar-refractivity contribution < 1.29 is 37.4 Å². The van der Waals surface area contributed by atoms with Crippen LogP contribution in [-0.4, -0.2) is 40.6 Å². The van der Waals surface area contributed by atoms with Crippen LogP contribution in [0.2, 0.25) is 5.02 Å². The molecule has 0 bridgehead atoms. The Labute approximate surface area is 238 Å². The van der Waals surface area contributed by atoms with Crippen LogP contribution in [0, 0.1) is 6.33 Å². The van der Waals surface area contributed by atoms with Crippen molar-refractivity contribution in [2.24, 2.45) is 0 Å².